The van der Waals surface area contributed by atoms with E-state index in [1.807, 2.05) is 6.92 Å². The van der Waals surface area contributed by atoms with E-state index in [-0.39, 0.29) is 22.4 Å². The van der Waals surface area contributed by atoms with Gasteiger partial charge in [0, 0.05) is 28.9 Å². The summed E-state index contributed by atoms with van der Waals surface area (Å²) in [5.41, 5.74) is 0.558. The molecule has 0 radical (unpaired) electrons. The van der Waals surface area contributed by atoms with E-state index in [0.717, 1.165) is 0 Å². The fraction of sp³-hybridized carbons (Fsp3) is 0.462. The minimum Gasteiger partial charge on any atom is -0.478 e. The maximum Gasteiger partial charge on any atom is 0.337 e. The van der Waals surface area contributed by atoms with Crippen LogP contribution in [-0.2, 0) is 10.8 Å². The van der Waals surface area contributed by atoms with Crippen molar-refractivity contribution in [1.82, 2.24) is 10.3 Å². The van der Waals surface area contributed by atoms with Gasteiger partial charge in [-0.1, -0.05) is 6.92 Å². The average Bonchev–Trinajstić information content (AvgIpc) is 2.37. The molecule has 0 aliphatic carbocycles. The second-order valence-electron chi connectivity index (χ2n) is 4.49. The quantitative estimate of drug-likeness (QED) is 0.816. The van der Waals surface area contributed by atoms with E-state index in [4.69, 9.17) is 5.11 Å². The number of pyridine rings is 1. The van der Waals surface area contributed by atoms with Gasteiger partial charge in [-0.25, -0.2) is 9.78 Å². The van der Waals surface area contributed by atoms with Crippen LogP contribution in [0.1, 0.15) is 39.9 Å². The van der Waals surface area contributed by atoms with Gasteiger partial charge in [0.15, 0.2) is 0 Å². The number of rotatable bonds is 6. The summed E-state index contributed by atoms with van der Waals surface area (Å²) in [5.74, 6) is -1.43. The van der Waals surface area contributed by atoms with Crippen molar-refractivity contribution in [3.8, 4) is 0 Å². The number of amides is 1. The van der Waals surface area contributed by atoms with Crippen LogP contribution in [-0.4, -0.2) is 44.2 Å². The van der Waals surface area contributed by atoms with Crippen molar-refractivity contribution in [2.75, 3.05) is 12.8 Å². The fourth-order valence-corrected chi connectivity index (χ4v) is 2.01. The number of hydrogen-bond acceptors (Lipinski definition) is 4. The lowest BCUT2D eigenvalue weighted by atomic mass is 10.2. The Balaban J connectivity index is 2.62. The summed E-state index contributed by atoms with van der Waals surface area (Å²) in [6.07, 6.45) is 2.24. The summed E-state index contributed by atoms with van der Waals surface area (Å²) in [6, 6.07) is 2.75. The molecule has 1 amide bonds. The van der Waals surface area contributed by atoms with E-state index in [2.05, 4.69) is 10.3 Å². The number of nitrogens with one attached hydrogen (secondary N) is 1. The van der Waals surface area contributed by atoms with Crippen LogP contribution in [0.3, 0.4) is 0 Å². The van der Waals surface area contributed by atoms with Crippen LogP contribution < -0.4 is 5.32 Å². The molecule has 0 aliphatic heterocycles. The van der Waals surface area contributed by atoms with Crippen molar-refractivity contribution in [2.45, 2.75) is 25.5 Å². The van der Waals surface area contributed by atoms with E-state index in [1.165, 1.54) is 12.1 Å². The number of aromatic carboxylic acids is 1. The molecule has 1 heterocycles. The fourth-order valence-electron chi connectivity index (χ4n) is 1.56. The Kier molecular flexibility index (Phi) is 5.82. The Morgan fingerprint density at radius 2 is 2.10 bits per heavy atom. The molecule has 1 aromatic rings. The van der Waals surface area contributed by atoms with E-state index in [0.29, 0.717) is 18.7 Å². The Bertz CT molecular complexity index is 545. The van der Waals surface area contributed by atoms with E-state index < -0.39 is 16.8 Å². The summed E-state index contributed by atoms with van der Waals surface area (Å²) in [4.78, 5) is 26.7. The minimum absolute atomic E-state index is 0.0133. The zero-order chi connectivity index (χ0) is 15.3. The molecule has 1 rings (SSSR count). The summed E-state index contributed by atoms with van der Waals surface area (Å²) in [6.45, 7) is 3.80. The molecule has 0 saturated heterocycles. The van der Waals surface area contributed by atoms with Crippen LogP contribution in [0.25, 0.3) is 0 Å². The molecule has 0 bridgehead atoms. The Hall–Kier alpha value is -1.76. The Morgan fingerprint density at radius 1 is 1.45 bits per heavy atom. The molecule has 0 saturated carbocycles. The molecule has 2 N–H and O–H groups in total. The summed E-state index contributed by atoms with van der Waals surface area (Å²) >= 11 is 0. The van der Waals surface area contributed by atoms with Gasteiger partial charge in [0.05, 0.1) is 11.3 Å². The minimum atomic E-state index is -1.07. The third-order valence-electron chi connectivity index (χ3n) is 2.95. The van der Waals surface area contributed by atoms with Crippen molar-refractivity contribution in [1.29, 1.82) is 0 Å². The van der Waals surface area contributed by atoms with Gasteiger partial charge >= 0.3 is 5.97 Å². The van der Waals surface area contributed by atoms with Crippen LogP contribution in [0.15, 0.2) is 12.1 Å². The van der Waals surface area contributed by atoms with Gasteiger partial charge in [-0.05, 0) is 25.5 Å². The lowest BCUT2D eigenvalue weighted by Crippen LogP contribution is -2.28. The molecule has 20 heavy (non-hydrogen) atoms. The number of aryl methyl sites for hydroxylation is 1. The molecule has 0 spiro atoms. The second-order valence-corrected chi connectivity index (χ2v) is 6.29. The molecular weight excluding hydrogens is 280 g/mol. The zero-order valence-electron chi connectivity index (χ0n) is 11.7. The molecule has 2 unspecified atom stereocenters. The van der Waals surface area contributed by atoms with Gasteiger partial charge < -0.3 is 10.4 Å². The van der Waals surface area contributed by atoms with E-state index in [9.17, 15) is 13.8 Å². The van der Waals surface area contributed by atoms with Gasteiger partial charge in [-0.15, -0.1) is 0 Å². The number of carboxylic acids is 1. The molecule has 1 aromatic heterocycles. The summed E-state index contributed by atoms with van der Waals surface area (Å²) < 4.78 is 11.2. The highest BCUT2D eigenvalue weighted by Gasteiger charge is 2.13. The highest BCUT2D eigenvalue weighted by molar-refractivity contribution is 7.84. The highest BCUT2D eigenvalue weighted by Crippen LogP contribution is 2.07. The molecule has 0 aliphatic rings. The first-order valence-corrected chi connectivity index (χ1v) is 7.76. The normalized spacial score (nSPS) is 13.6. The first kappa shape index (κ1) is 16.3. The molecule has 2 atom stereocenters. The van der Waals surface area contributed by atoms with E-state index >= 15 is 0 Å². The molecule has 0 fully saturated rings. The van der Waals surface area contributed by atoms with Gasteiger partial charge in [0.25, 0.3) is 5.91 Å². The molecule has 7 heteroatoms. The standard InChI is InChI=1S/C13H18N2O4S/c1-8(20(3)19)6-7-14-12(16)11-5-4-10(13(17)18)9(2)15-11/h4-5,8H,6-7H2,1-3H3,(H,14,16)(H,17,18). The second kappa shape index (κ2) is 7.14. The zero-order valence-corrected chi connectivity index (χ0v) is 12.5. The average molecular weight is 298 g/mol. The van der Waals surface area contributed by atoms with Crippen molar-refractivity contribution < 1.29 is 18.9 Å². The van der Waals surface area contributed by atoms with Gasteiger partial charge in [0.2, 0.25) is 0 Å². The topological polar surface area (TPSA) is 96.4 Å². The van der Waals surface area contributed by atoms with Crippen LogP contribution in [0.5, 0.6) is 0 Å². The number of nitrogens with zero attached hydrogens (tertiary/aromatic N) is 1. The van der Waals surface area contributed by atoms with E-state index in [1.54, 1.807) is 13.2 Å². The van der Waals surface area contributed by atoms with Crippen molar-refractivity contribution in [3.05, 3.63) is 29.1 Å². The SMILES string of the molecule is Cc1nc(C(=O)NCCC(C)S(C)=O)ccc1C(=O)O. The van der Waals surface area contributed by atoms with Crippen LogP contribution in [0, 0.1) is 6.92 Å². The highest BCUT2D eigenvalue weighted by atomic mass is 32.2. The first-order valence-electron chi connectivity index (χ1n) is 6.14. The van der Waals surface area contributed by atoms with Crippen molar-refractivity contribution >= 4 is 22.7 Å². The third kappa shape index (κ3) is 4.41. The number of carboxylic acid groups (broad SMARTS) is 1. The molecule has 110 valence electrons. The smallest absolute Gasteiger partial charge is 0.337 e. The lowest BCUT2D eigenvalue weighted by molar-refractivity contribution is 0.0694. The van der Waals surface area contributed by atoms with Crippen molar-refractivity contribution in [2.24, 2.45) is 0 Å². The summed E-state index contributed by atoms with van der Waals surface area (Å²) in [7, 11) is -0.914. The monoisotopic (exact) mass is 298 g/mol. The van der Waals surface area contributed by atoms with Crippen LogP contribution in [0.2, 0.25) is 0 Å². The molecular formula is C13H18N2O4S. The number of carbonyl (C=O) groups is 2. The summed E-state index contributed by atoms with van der Waals surface area (Å²) in [5, 5.41) is 11.6. The maximum absolute atomic E-state index is 11.8. The number of carbonyl (C=O) groups excluding carboxylic acids is 1. The molecule has 6 nitrogen and oxygen atoms in total. The van der Waals surface area contributed by atoms with Crippen molar-refractivity contribution in [3.63, 3.8) is 0 Å². The molecule has 0 aromatic carbocycles. The maximum atomic E-state index is 11.8. The predicted octanol–water partition coefficient (Wildman–Crippen LogP) is 0.975. The van der Waals surface area contributed by atoms with Crippen LogP contribution >= 0.6 is 0 Å². The largest absolute Gasteiger partial charge is 0.478 e. The van der Waals surface area contributed by atoms with Gasteiger partial charge in [0.1, 0.15) is 5.69 Å². The van der Waals surface area contributed by atoms with Gasteiger partial charge in [-0.3, -0.25) is 9.00 Å². The third-order valence-corrected chi connectivity index (χ3v) is 4.32. The van der Waals surface area contributed by atoms with Gasteiger partial charge in [-0.2, -0.15) is 0 Å². The Morgan fingerprint density at radius 3 is 2.60 bits per heavy atom. The van der Waals surface area contributed by atoms with Crippen LogP contribution in [0.4, 0.5) is 0 Å². The predicted molar refractivity (Wildman–Crippen MR) is 76.4 cm³/mol. The number of hydrogen-bond donors (Lipinski definition) is 2. The lowest BCUT2D eigenvalue weighted by Gasteiger charge is -2.09. The first-order chi connectivity index (χ1) is 9.32. The number of aromatic nitrogens is 1. The Labute approximate surface area is 120 Å².